The van der Waals surface area contributed by atoms with Crippen molar-refractivity contribution in [2.75, 3.05) is 31.9 Å². The highest BCUT2D eigenvalue weighted by atomic mass is 35.5. The van der Waals surface area contributed by atoms with Crippen molar-refractivity contribution in [1.29, 1.82) is 0 Å². The van der Waals surface area contributed by atoms with Crippen molar-refractivity contribution in [2.45, 2.75) is 25.5 Å². The maximum Gasteiger partial charge on any atom is 0.277 e. The molecule has 2 N–H and O–H groups in total. The van der Waals surface area contributed by atoms with Crippen LogP contribution in [0.5, 0.6) is 5.75 Å². The first-order valence-electron chi connectivity index (χ1n) is 10.2. The molecule has 4 rings (SSSR count). The van der Waals surface area contributed by atoms with E-state index >= 15 is 0 Å². The summed E-state index contributed by atoms with van der Waals surface area (Å²) in [6, 6.07) is 2.08. The summed E-state index contributed by atoms with van der Waals surface area (Å²) in [7, 11) is 1.59. The summed E-state index contributed by atoms with van der Waals surface area (Å²) < 4.78 is 34.2. The van der Waals surface area contributed by atoms with Crippen molar-refractivity contribution in [3.05, 3.63) is 62.0 Å². The molecule has 33 heavy (non-hydrogen) atoms. The predicted octanol–water partition coefficient (Wildman–Crippen LogP) is 1.58. The quantitative estimate of drug-likeness (QED) is 0.641. The Morgan fingerprint density at radius 2 is 2.00 bits per heavy atom. The van der Waals surface area contributed by atoms with E-state index in [1.54, 1.807) is 12.1 Å². The number of aromatic hydroxyl groups is 1. The second-order valence-electron chi connectivity index (χ2n) is 7.81. The molecular formula is C21H21ClF2N4O5. The fourth-order valence-electron chi connectivity index (χ4n) is 3.95. The lowest BCUT2D eigenvalue weighted by Gasteiger charge is -2.42. The Morgan fingerprint density at radius 3 is 2.73 bits per heavy atom. The lowest BCUT2D eigenvalue weighted by molar-refractivity contribution is 0.0473. The van der Waals surface area contributed by atoms with E-state index in [0.29, 0.717) is 25.9 Å². The highest BCUT2D eigenvalue weighted by Gasteiger charge is 2.35. The summed E-state index contributed by atoms with van der Waals surface area (Å²) >= 11 is 5.55. The van der Waals surface area contributed by atoms with Gasteiger partial charge in [0.2, 0.25) is 5.43 Å². The van der Waals surface area contributed by atoms with Gasteiger partial charge in [-0.15, -0.1) is 0 Å². The average molecular weight is 483 g/mol. The average Bonchev–Trinajstić information content (AvgIpc) is 2.78. The van der Waals surface area contributed by atoms with Crippen molar-refractivity contribution in [3.8, 4) is 5.75 Å². The molecular weight excluding hydrogens is 462 g/mol. The number of fused-ring (bicyclic) bond motifs is 4. The molecule has 2 aromatic rings. The zero-order valence-corrected chi connectivity index (χ0v) is 18.4. The SMILES string of the molecule is COC1CCN2CN(CC1)n1cc(C(=O)NCc3ccc(F)c(Cl)c3F)c(=O)c(O)c1C2=O. The van der Waals surface area contributed by atoms with Gasteiger partial charge in [-0.25, -0.2) is 8.78 Å². The number of benzene rings is 1. The van der Waals surface area contributed by atoms with Crippen molar-refractivity contribution in [3.63, 3.8) is 0 Å². The monoisotopic (exact) mass is 482 g/mol. The molecule has 2 aliphatic heterocycles. The second-order valence-corrected chi connectivity index (χ2v) is 8.18. The Morgan fingerprint density at radius 1 is 1.27 bits per heavy atom. The zero-order chi connectivity index (χ0) is 23.9. The fraction of sp³-hybridized carbons (Fsp3) is 0.381. The molecule has 2 aliphatic rings. The Hall–Kier alpha value is -3.18. The van der Waals surface area contributed by atoms with E-state index < -0.39 is 45.2 Å². The summed E-state index contributed by atoms with van der Waals surface area (Å²) in [5.74, 6) is -4.25. The Kier molecular flexibility index (Phi) is 6.26. The maximum absolute atomic E-state index is 14.1. The highest BCUT2D eigenvalue weighted by Crippen LogP contribution is 2.25. The molecule has 0 spiro atoms. The first-order chi connectivity index (χ1) is 15.7. The van der Waals surface area contributed by atoms with Gasteiger partial charge in [0.15, 0.2) is 11.4 Å². The van der Waals surface area contributed by atoms with Gasteiger partial charge in [-0.05, 0) is 18.9 Å². The Labute approximate surface area is 192 Å². The van der Waals surface area contributed by atoms with Crippen LogP contribution in [0.25, 0.3) is 0 Å². The number of pyridine rings is 1. The van der Waals surface area contributed by atoms with Crippen LogP contribution in [0.4, 0.5) is 8.78 Å². The number of aromatic nitrogens is 1. The van der Waals surface area contributed by atoms with E-state index in [1.807, 2.05) is 0 Å². The number of rotatable bonds is 4. The molecule has 12 heteroatoms. The predicted molar refractivity (Wildman–Crippen MR) is 114 cm³/mol. The van der Waals surface area contributed by atoms with Crippen LogP contribution >= 0.6 is 11.6 Å². The van der Waals surface area contributed by atoms with Crippen LogP contribution in [0.3, 0.4) is 0 Å². The van der Waals surface area contributed by atoms with Gasteiger partial charge >= 0.3 is 0 Å². The van der Waals surface area contributed by atoms with E-state index in [-0.39, 0.29) is 30.6 Å². The third kappa shape index (κ3) is 4.13. The molecule has 0 aliphatic carbocycles. The van der Waals surface area contributed by atoms with E-state index in [0.717, 1.165) is 12.1 Å². The minimum atomic E-state index is -1.03. The number of amides is 2. The summed E-state index contributed by atoms with van der Waals surface area (Å²) in [5, 5.41) is 13.9. The standard InChI is InChI=1S/C21H21ClF2N4O5/c1-33-12-4-6-26-10-27(7-5-12)28-9-13(18(29)19(30)17(28)21(26)32)20(31)25-8-11-2-3-14(23)15(22)16(11)24/h2-3,9,12,30H,4-8,10H2,1H3,(H,25,31). The number of nitrogens with one attached hydrogen (secondary N) is 1. The van der Waals surface area contributed by atoms with Gasteiger partial charge in [-0.2, -0.15) is 0 Å². The van der Waals surface area contributed by atoms with E-state index in [1.165, 1.54) is 15.8 Å². The normalized spacial score (nSPS) is 17.9. The number of hydrogen-bond donors (Lipinski definition) is 2. The van der Waals surface area contributed by atoms with Crippen molar-refractivity contribution in [2.24, 2.45) is 0 Å². The van der Waals surface area contributed by atoms with Crippen LogP contribution in [0.1, 0.15) is 39.3 Å². The number of halogens is 3. The third-order valence-electron chi connectivity index (χ3n) is 5.86. The van der Waals surface area contributed by atoms with Crippen LogP contribution in [-0.2, 0) is 11.3 Å². The van der Waals surface area contributed by atoms with Gasteiger partial charge in [0, 0.05) is 38.5 Å². The third-order valence-corrected chi connectivity index (χ3v) is 6.20. The minimum Gasteiger partial charge on any atom is -0.502 e. The second kappa shape index (κ2) is 8.99. The van der Waals surface area contributed by atoms with Gasteiger partial charge in [0.25, 0.3) is 11.8 Å². The number of carbonyl (C=O) groups is 2. The van der Waals surface area contributed by atoms with Crippen LogP contribution in [0.15, 0.2) is 23.1 Å². The van der Waals surface area contributed by atoms with Crippen LogP contribution in [-0.4, -0.2) is 59.5 Å². The molecule has 3 heterocycles. The summed E-state index contributed by atoms with van der Waals surface area (Å²) in [4.78, 5) is 39.8. The van der Waals surface area contributed by atoms with Crippen LogP contribution in [0.2, 0.25) is 5.02 Å². The first kappa shape index (κ1) is 23.0. The van der Waals surface area contributed by atoms with Gasteiger partial charge in [0.1, 0.15) is 28.9 Å². The summed E-state index contributed by atoms with van der Waals surface area (Å²) in [5.41, 5.74) is -1.78. The van der Waals surface area contributed by atoms with Crippen LogP contribution < -0.4 is 15.8 Å². The van der Waals surface area contributed by atoms with E-state index in [2.05, 4.69) is 5.32 Å². The Bertz CT molecular complexity index is 1190. The molecule has 0 radical (unpaired) electrons. The minimum absolute atomic E-state index is 0.0715. The molecule has 1 aromatic carbocycles. The fourth-order valence-corrected chi connectivity index (χ4v) is 4.13. The molecule has 1 atom stereocenters. The lowest BCUT2D eigenvalue weighted by Crippen LogP contribution is -2.56. The van der Waals surface area contributed by atoms with Crippen molar-refractivity contribution < 1.29 is 28.2 Å². The van der Waals surface area contributed by atoms with E-state index in [4.69, 9.17) is 16.3 Å². The topological polar surface area (TPSA) is 104 Å². The smallest absolute Gasteiger partial charge is 0.277 e. The molecule has 1 aromatic heterocycles. The summed E-state index contributed by atoms with van der Waals surface area (Å²) in [6.45, 7) is 0.664. The number of hydrogen-bond acceptors (Lipinski definition) is 6. The highest BCUT2D eigenvalue weighted by molar-refractivity contribution is 6.30. The molecule has 1 unspecified atom stereocenters. The largest absolute Gasteiger partial charge is 0.502 e. The van der Waals surface area contributed by atoms with Crippen LogP contribution in [0, 0.1) is 11.6 Å². The number of carbonyl (C=O) groups excluding carboxylic acids is 2. The van der Waals surface area contributed by atoms with Crippen molar-refractivity contribution >= 4 is 23.4 Å². The Balaban J connectivity index is 1.65. The molecule has 176 valence electrons. The summed E-state index contributed by atoms with van der Waals surface area (Å²) in [6.07, 6.45) is 2.36. The molecule has 9 nitrogen and oxygen atoms in total. The van der Waals surface area contributed by atoms with Gasteiger partial charge in [-0.3, -0.25) is 24.1 Å². The van der Waals surface area contributed by atoms with Gasteiger partial charge < -0.3 is 20.1 Å². The maximum atomic E-state index is 14.1. The number of methoxy groups -OCH3 is 1. The lowest BCUT2D eigenvalue weighted by atomic mass is 10.1. The van der Waals surface area contributed by atoms with Crippen molar-refractivity contribution in [1.82, 2.24) is 14.9 Å². The molecule has 1 fully saturated rings. The molecule has 1 saturated heterocycles. The first-order valence-corrected chi connectivity index (χ1v) is 10.6. The van der Waals surface area contributed by atoms with E-state index in [9.17, 15) is 28.3 Å². The molecule has 2 amide bonds. The number of ether oxygens (including phenoxy) is 1. The zero-order valence-electron chi connectivity index (χ0n) is 17.6. The molecule has 2 bridgehead atoms. The van der Waals surface area contributed by atoms with Gasteiger partial charge in [0.05, 0.1) is 6.10 Å². The molecule has 0 saturated carbocycles. The van der Waals surface area contributed by atoms with Gasteiger partial charge in [-0.1, -0.05) is 17.7 Å². The number of nitrogens with zero attached hydrogens (tertiary/aromatic N) is 3.